The Balaban J connectivity index is 2.04. The highest BCUT2D eigenvalue weighted by Crippen LogP contribution is 2.39. The van der Waals surface area contributed by atoms with Crippen molar-refractivity contribution >= 4 is 11.6 Å². The van der Waals surface area contributed by atoms with Gasteiger partial charge in [-0.25, -0.2) is 0 Å². The maximum atomic E-state index is 6.21. The average molecular weight is 250 g/mol. The van der Waals surface area contributed by atoms with Crippen LogP contribution in [0, 0.1) is 0 Å². The zero-order chi connectivity index (χ0) is 11.8. The molecule has 0 fully saturated rings. The van der Waals surface area contributed by atoms with E-state index in [0.29, 0.717) is 11.6 Å². The van der Waals surface area contributed by atoms with Gasteiger partial charge in [0.15, 0.2) is 0 Å². The van der Waals surface area contributed by atoms with Crippen molar-refractivity contribution in [3.05, 3.63) is 41.1 Å². The Labute approximate surface area is 104 Å². The van der Waals surface area contributed by atoms with Gasteiger partial charge in [0.1, 0.15) is 17.6 Å². The number of benzene rings is 1. The second kappa shape index (κ2) is 4.09. The van der Waals surface area contributed by atoms with Crippen molar-refractivity contribution in [3.8, 4) is 17.1 Å². The van der Waals surface area contributed by atoms with Crippen molar-refractivity contribution in [1.29, 1.82) is 0 Å². The maximum Gasteiger partial charge on any atom is 0.141 e. The van der Waals surface area contributed by atoms with Crippen molar-refractivity contribution in [2.75, 3.05) is 6.54 Å². The molecule has 3 rings (SSSR count). The van der Waals surface area contributed by atoms with Crippen molar-refractivity contribution in [3.63, 3.8) is 0 Å². The van der Waals surface area contributed by atoms with Gasteiger partial charge in [-0.1, -0.05) is 11.6 Å². The molecule has 0 radical (unpaired) electrons. The molecular weight excluding hydrogens is 238 g/mol. The van der Waals surface area contributed by atoms with Gasteiger partial charge in [-0.15, -0.1) is 0 Å². The van der Waals surface area contributed by atoms with Gasteiger partial charge in [0.2, 0.25) is 0 Å². The number of hydrogen-bond acceptors (Lipinski definition) is 3. The molecule has 0 saturated heterocycles. The van der Waals surface area contributed by atoms with Gasteiger partial charge in [0.25, 0.3) is 0 Å². The topological polar surface area (TPSA) is 48.4 Å². The van der Waals surface area contributed by atoms with Gasteiger partial charge in [0.05, 0.1) is 11.3 Å². The van der Waals surface area contributed by atoms with Crippen molar-refractivity contribution in [1.82, 2.24) is 0 Å². The first-order chi connectivity index (χ1) is 8.28. The zero-order valence-electron chi connectivity index (χ0n) is 9.15. The summed E-state index contributed by atoms with van der Waals surface area (Å²) in [7, 11) is 0. The molecule has 2 heterocycles. The monoisotopic (exact) mass is 249 g/mol. The molecule has 1 aliphatic heterocycles. The summed E-state index contributed by atoms with van der Waals surface area (Å²) in [6.45, 7) is 0.501. The SMILES string of the molecule is NCC1Cc2cc(-c3ccco3)cc(Cl)c2O1. The number of furan rings is 1. The van der Waals surface area contributed by atoms with Crippen LogP contribution in [0.2, 0.25) is 5.02 Å². The summed E-state index contributed by atoms with van der Waals surface area (Å²) in [5.41, 5.74) is 7.68. The molecule has 4 heteroatoms. The molecule has 0 spiro atoms. The molecule has 0 aliphatic carbocycles. The van der Waals surface area contributed by atoms with Crippen LogP contribution >= 0.6 is 11.6 Å². The van der Waals surface area contributed by atoms with E-state index >= 15 is 0 Å². The van der Waals surface area contributed by atoms with E-state index in [1.165, 1.54) is 0 Å². The maximum absolute atomic E-state index is 6.21. The summed E-state index contributed by atoms with van der Waals surface area (Å²) in [6, 6.07) is 7.68. The van der Waals surface area contributed by atoms with Crippen LogP contribution in [0.3, 0.4) is 0 Å². The van der Waals surface area contributed by atoms with Crippen LogP contribution in [0.1, 0.15) is 5.56 Å². The third kappa shape index (κ3) is 1.81. The lowest BCUT2D eigenvalue weighted by atomic mass is 10.1. The summed E-state index contributed by atoms with van der Waals surface area (Å²) in [4.78, 5) is 0. The molecule has 0 bridgehead atoms. The largest absolute Gasteiger partial charge is 0.487 e. The molecule has 1 unspecified atom stereocenters. The standard InChI is InChI=1S/C13H12ClNO2/c14-11-6-8(12-2-1-3-16-12)4-9-5-10(7-15)17-13(9)11/h1-4,6,10H,5,7,15H2. The number of rotatable bonds is 2. The average Bonchev–Trinajstić information content (AvgIpc) is 2.97. The van der Waals surface area contributed by atoms with Crippen LogP contribution in [0.4, 0.5) is 0 Å². The highest BCUT2D eigenvalue weighted by molar-refractivity contribution is 6.32. The Kier molecular flexibility index (Phi) is 2.57. The lowest BCUT2D eigenvalue weighted by molar-refractivity contribution is 0.241. The van der Waals surface area contributed by atoms with Crippen molar-refractivity contribution in [2.24, 2.45) is 5.73 Å². The Morgan fingerprint density at radius 1 is 1.41 bits per heavy atom. The molecule has 88 valence electrons. The lowest BCUT2D eigenvalue weighted by Crippen LogP contribution is -2.24. The Bertz CT molecular complexity index is 537. The van der Waals surface area contributed by atoms with Crippen LogP contribution in [-0.2, 0) is 6.42 Å². The highest BCUT2D eigenvalue weighted by Gasteiger charge is 2.25. The molecule has 1 aromatic heterocycles. The minimum atomic E-state index is 0.0364. The fourth-order valence-corrected chi connectivity index (χ4v) is 2.39. The zero-order valence-corrected chi connectivity index (χ0v) is 9.91. The molecule has 2 aromatic rings. The van der Waals surface area contributed by atoms with E-state index in [0.717, 1.165) is 29.1 Å². The van der Waals surface area contributed by atoms with E-state index in [9.17, 15) is 0 Å². The second-order valence-electron chi connectivity index (χ2n) is 4.10. The minimum Gasteiger partial charge on any atom is -0.487 e. The Morgan fingerprint density at radius 2 is 2.29 bits per heavy atom. The van der Waals surface area contributed by atoms with Gasteiger partial charge in [-0.2, -0.15) is 0 Å². The van der Waals surface area contributed by atoms with E-state index in [-0.39, 0.29) is 6.10 Å². The van der Waals surface area contributed by atoms with Gasteiger partial charge in [-0.3, -0.25) is 0 Å². The van der Waals surface area contributed by atoms with Crippen LogP contribution in [0.25, 0.3) is 11.3 Å². The predicted octanol–water partition coefficient (Wildman–Crippen LogP) is 2.86. The smallest absolute Gasteiger partial charge is 0.141 e. The predicted molar refractivity (Wildman–Crippen MR) is 66.3 cm³/mol. The number of hydrogen-bond donors (Lipinski definition) is 1. The summed E-state index contributed by atoms with van der Waals surface area (Å²) in [5, 5.41) is 0.616. The molecule has 17 heavy (non-hydrogen) atoms. The number of nitrogens with two attached hydrogens (primary N) is 1. The first kappa shape index (κ1) is 10.7. The Hall–Kier alpha value is -1.45. The van der Waals surface area contributed by atoms with Gasteiger partial charge >= 0.3 is 0 Å². The minimum absolute atomic E-state index is 0.0364. The van der Waals surface area contributed by atoms with E-state index in [2.05, 4.69) is 6.07 Å². The lowest BCUT2D eigenvalue weighted by Gasteiger charge is -2.07. The number of ether oxygens (including phenoxy) is 1. The quantitative estimate of drug-likeness (QED) is 0.890. The van der Waals surface area contributed by atoms with Crippen molar-refractivity contribution < 1.29 is 9.15 Å². The fourth-order valence-electron chi connectivity index (χ4n) is 2.10. The number of halogens is 1. The van der Waals surface area contributed by atoms with Crippen molar-refractivity contribution in [2.45, 2.75) is 12.5 Å². The summed E-state index contributed by atoms with van der Waals surface area (Å²) in [5.74, 6) is 1.57. The molecule has 1 atom stereocenters. The second-order valence-corrected chi connectivity index (χ2v) is 4.51. The van der Waals surface area contributed by atoms with Gasteiger partial charge in [-0.05, 0) is 24.3 Å². The van der Waals surface area contributed by atoms with E-state index < -0.39 is 0 Å². The molecule has 3 nitrogen and oxygen atoms in total. The van der Waals surface area contributed by atoms with Gasteiger partial charge in [0, 0.05) is 24.1 Å². The highest BCUT2D eigenvalue weighted by atomic mass is 35.5. The summed E-state index contributed by atoms with van der Waals surface area (Å²) >= 11 is 6.21. The Morgan fingerprint density at radius 3 is 3.00 bits per heavy atom. The fraction of sp³-hybridized carbons (Fsp3) is 0.231. The van der Waals surface area contributed by atoms with E-state index in [1.54, 1.807) is 6.26 Å². The molecule has 1 aromatic carbocycles. The van der Waals surface area contributed by atoms with Crippen LogP contribution in [-0.4, -0.2) is 12.6 Å². The summed E-state index contributed by atoms with van der Waals surface area (Å²) < 4.78 is 11.0. The summed E-state index contributed by atoms with van der Waals surface area (Å²) in [6.07, 6.45) is 2.49. The van der Waals surface area contributed by atoms with Crippen LogP contribution in [0.5, 0.6) is 5.75 Å². The molecular formula is C13H12ClNO2. The van der Waals surface area contributed by atoms with Gasteiger partial charge < -0.3 is 14.9 Å². The third-order valence-electron chi connectivity index (χ3n) is 2.92. The van der Waals surface area contributed by atoms with E-state index in [1.807, 2.05) is 18.2 Å². The first-order valence-corrected chi connectivity index (χ1v) is 5.88. The number of fused-ring (bicyclic) bond motifs is 1. The van der Waals surface area contributed by atoms with E-state index in [4.69, 9.17) is 26.5 Å². The molecule has 2 N–H and O–H groups in total. The molecule has 0 saturated carbocycles. The third-order valence-corrected chi connectivity index (χ3v) is 3.20. The molecule has 1 aliphatic rings. The van der Waals surface area contributed by atoms with Crippen LogP contribution in [0.15, 0.2) is 34.9 Å². The van der Waals surface area contributed by atoms with Crippen LogP contribution < -0.4 is 10.5 Å². The normalized spacial score (nSPS) is 17.9. The molecule has 0 amide bonds. The first-order valence-electron chi connectivity index (χ1n) is 5.51.